The number of pyridine rings is 1. The van der Waals surface area contributed by atoms with Crippen molar-refractivity contribution >= 4 is 0 Å². The monoisotopic (exact) mass is 287 g/mol. The third kappa shape index (κ3) is 5.09. The summed E-state index contributed by atoms with van der Waals surface area (Å²) in [5.41, 5.74) is 2.08. The highest BCUT2D eigenvalue weighted by Gasteiger charge is 2.34. The Kier molecular flexibility index (Phi) is 4.99. The number of aromatic nitrogens is 1. The van der Waals surface area contributed by atoms with Crippen LogP contribution in [-0.2, 0) is 6.54 Å². The van der Waals surface area contributed by atoms with E-state index in [9.17, 15) is 13.2 Å². The van der Waals surface area contributed by atoms with Gasteiger partial charge in [-0.25, -0.2) is 0 Å². The molecule has 1 aliphatic rings. The Hall–Kier alpha value is -1.14. The van der Waals surface area contributed by atoms with Gasteiger partial charge in [0.25, 0.3) is 0 Å². The Morgan fingerprint density at radius 2 is 2.20 bits per heavy atom. The van der Waals surface area contributed by atoms with E-state index >= 15 is 0 Å². The Morgan fingerprint density at radius 3 is 2.85 bits per heavy atom. The van der Waals surface area contributed by atoms with E-state index in [1.165, 1.54) is 4.90 Å². The van der Waals surface area contributed by atoms with Crippen LogP contribution in [0.4, 0.5) is 13.2 Å². The van der Waals surface area contributed by atoms with E-state index in [1.807, 2.05) is 25.3 Å². The van der Waals surface area contributed by atoms with Crippen molar-refractivity contribution in [1.29, 1.82) is 0 Å². The van der Waals surface area contributed by atoms with Gasteiger partial charge in [-0.15, -0.1) is 0 Å². The molecule has 0 bridgehead atoms. The Balaban J connectivity index is 1.67. The fraction of sp³-hybridized carbons (Fsp3) is 0.643. The third-order valence-electron chi connectivity index (χ3n) is 3.51. The summed E-state index contributed by atoms with van der Waals surface area (Å²) < 4.78 is 36.8. The molecule has 2 heterocycles. The smallest absolute Gasteiger partial charge is 0.312 e. The molecule has 0 radical (unpaired) electrons. The number of alkyl halides is 3. The normalized spacial score (nSPS) is 20.5. The van der Waals surface area contributed by atoms with Gasteiger partial charge in [-0.2, -0.15) is 13.2 Å². The van der Waals surface area contributed by atoms with E-state index < -0.39 is 12.7 Å². The summed E-state index contributed by atoms with van der Waals surface area (Å²) in [6.07, 6.45) is -1.43. The van der Waals surface area contributed by atoms with Crippen molar-refractivity contribution in [2.45, 2.75) is 26.1 Å². The van der Waals surface area contributed by atoms with Crippen LogP contribution in [0.2, 0.25) is 0 Å². The van der Waals surface area contributed by atoms with Crippen molar-refractivity contribution in [3.05, 3.63) is 29.6 Å². The van der Waals surface area contributed by atoms with Gasteiger partial charge in [0, 0.05) is 25.0 Å². The predicted octanol–water partition coefficient (Wildman–Crippen LogP) is 2.36. The van der Waals surface area contributed by atoms with Gasteiger partial charge in [0.15, 0.2) is 0 Å². The van der Waals surface area contributed by atoms with Crippen molar-refractivity contribution in [1.82, 2.24) is 15.2 Å². The number of halogens is 3. The lowest BCUT2D eigenvalue weighted by atomic mass is 10.1. The fourth-order valence-corrected chi connectivity index (χ4v) is 2.50. The molecule has 3 nitrogen and oxygen atoms in total. The van der Waals surface area contributed by atoms with Crippen molar-refractivity contribution in [2.75, 3.05) is 26.2 Å². The second-order valence-corrected chi connectivity index (χ2v) is 5.44. The number of nitrogens with zero attached hydrogens (tertiary/aromatic N) is 2. The molecule has 1 aromatic rings. The maximum atomic E-state index is 12.3. The first kappa shape index (κ1) is 15.3. The van der Waals surface area contributed by atoms with E-state index in [2.05, 4.69) is 10.3 Å². The number of rotatable bonds is 5. The summed E-state index contributed by atoms with van der Waals surface area (Å²) in [7, 11) is 0. The van der Waals surface area contributed by atoms with Gasteiger partial charge in [-0.3, -0.25) is 9.88 Å². The van der Waals surface area contributed by atoms with Crippen LogP contribution in [0.3, 0.4) is 0 Å². The molecule has 20 heavy (non-hydrogen) atoms. The number of aryl methyl sites for hydroxylation is 1. The number of likely N-dealkylation sites (tertiary alicyclic amines) is 1. The zero-order valence-electron chi connectivity index (χ0n) is 11.6. The zero-order valence-corrected chi connectivity index (χ0v) is 11.6. The zero-order chi connectivity index (χ0) is 14.6. The van der Waals surface area contributed by atoms with E-state index in [1.54, 1.807) is 0 Å². The average Bonchev–Trinajstić information content (AvgIpc) is 2.77. The molecule has 1 aliphatic heterocycles. The molecular formula is C14H20F3N3. The minimum Gasteiger partial charge on any atom is -0.312 e. The fourth-order valence-electron chi connectivity index (χ4n) is 2.50. The molecule has 1 saturated heterocycles. The van der Waals surface area contributed by atoms with Crippen LogP contribution < -0.4 is 5.32 Å². The molecule has 0 saturated carbocycles. The third-order valence-corrected chi connectivity index (χ3v) is 3.51. The maximum Gasteiger partial charge on any atom is 0.401 e. The summed E-state index contributed by atoms with van der Waals surface area (Å²) in [6, 6.07) is 3.97. The lowest BCUT2D eigenvalue weighted by Crippen LogP contribution is -2.33. The van der Waals surface area contributed by atoms with Crippen molar-refractivity contribution in [3.63, 3.8) is 0 Å². The molecule has 6 heteroatoms. The van der Waals surface area contributed by atoms with Crippen LogP contribution in [-0.4, -0.2) is 42.2 Å². The molecule has 1 unspecified atom stereocenters. The molecule has 0 amide bonds. The Labute approximate surface area is 117 Å². The van der Waals surface area contributed by atoms with Gasteiger partial charge in [0.05, 0.1) is 6.54 Å². The van der Waals surface area contributed by atoms with Crippen LogP contribution in [0, 0.1) is 12.8 Å². The molecule has 1 aromatic heterocycles. The van der Waals surface area contributed by atoms with Crippen molar-refractivity contribution in [2.24, 2.45) is 5.92 Å². The number of hydrogen-bond donors (Lipinski definition) is 1. The first-order chi connectivity index (χ1) is 9.42. The molecular weight excluding hydrogens is 267 g/mol. The van der Waals surface area contributed by atoms with Crippen LogP contribution in [0.25, 0.3) is 0 Å². The van der Waals surface area contributed by atoms with Gasteiger partial charge in [0.2, 0.25) is 0 Å². The maximum absolute atomic E-state index is 12.3. The lowest BCUT2D eigenvalue weighted by Gasteiger charge is -2.18. The predicted molar refractivity (Wildman–Crippen MR) is 71.3 cm³/mol. The van der Waals surface area contributed by atoms with Gasteiger partial charge in [-0.05, 0) is 44.0 Å². The average molecular weight is 287 g/mol. The van der Waals surface area contributed by atoms with Gasteiger partial charge < -0.3 is 5.32 Å². The highest BCUT2D eigenvalue weighted by Crippen LogP contribution is 2.22. The summed E-state index contributed by atoms with van der Waals surface area (Å²) in [4.78, 5) is 5.69. The van der Waals surface area contributed by atoms with Crippen LogP contribution >= 0.6 is 0 Å². The first-order valence-corrected chi connectivity index (χ1v) is 6.84. The van der Waals surface area contributed by atoms with Crippen LogP contribution in [0.5, 0.6) is 0 Å². The molecule has 1 fully saturated rings. The highest BCUT2D eigenvalue weighted by atomic mass is 19.4. The van der Waals surface area contributed by atoms with Crippen molar-refractivity contribution in [3.8, 4) is 0 Å². The highest BCUT2D eigenvalue weighted by molar-refractivity contribution is 5.12. The molecule has 1 N–H and O–H groups in total. The largest absolute Gasteiger partial charge is 0.401 e. The Bertz CT molecular complexity index is 417. The van der Waals surface area contributed by atoms with E-state index in [0.29, 0.717) is 25.6 Å². The number of hydrogen-bond acceptors (Lipinski definition) is 3. The van der Waals surface area contributed by atoms with Gasteiger partial charge >= 0.3 is 6.18 Å². The van der Waals surface area contributed by atoms with E-state index in [-0.39, 0.29) is 0 Å². The second kappa shape index (κ2) is 6.54. The minimum absolute atomic E-state index is 0.302. The van der Waals surface area contributed by atoms with Crippen LogP contribution in [0.1, 0.15) is 17.7 Å². The van der Waals surface area contributed by atoms with Gasteiger partial charge in [-0.1, -0.05) is 6.07 Å². The second-order valence-electron chi connectivity index (χ2n) is 5.44. The van der Waals surface area contributed by atoms with E-state index in [0.717, 1.165) is 24.2 Å². The quantitative estimate of drug-likeness (QED) is 0.901. The molecule has 2 rings (SSSR count). The standard InChI is InChI=1S/C14H20F3N3/c1-11-2-3-12(8-19-11)6-18-7-13-4-5-20(9-13)10-14(15,16)17/h2-3,8,13,18H,4-7,9-10H2,1H3. The summed E-state index contributed by atoms with van der Waals surface area (Å²) >= 11 is 0. The van der Waals surface area contributed by atoms with Crippen LogP contribution in [0.15, 0.2) is 18.3 Å². The van der Waals surface area contributed by atoms with Crippen molar-refractivity contribution < 1.29 is 13.2 Å². The summed E-state index contributed by atoms with van der Waals surface area (Å²) in [5.74, 6) is 0.302. The number of nitrogens with one attached hydrogen (secondary N) is 1. The molecule has 112 valence electrons. The van der Waals surface area contributed by atoms with E-state index in [4.69, 9.17) is 0 Å². The topological polar surface area (TPSA) is 28.2 Å². The summed E-state index contributed by atoms with van der Waals surface area (Å²) in [6.45, 7) is 3.68. The molecule has 1 atom stereocenters. The van der Waals surface area contributed by atoms with Gasteiger partial charge in [0.1, 0.15) is 0 Å². The molecule has 0 spiro atoms. The SMILES string of the molecule is Cc1ccc(CNCC2CCN(CC(F)(F)F)C2)cn1. The molecule has 0 aromatic carbocycles. The first-order valence-electron chi connectivity index (χ1n) is 6.84. The molecule has 0 aliphatic carbocycles. The Morgan fingerprint density at radius 1 is 1.40 bits per heavy atom. The summed E-state index contributed by atoms with van der Waals surface area (Å²) in [5, 5.41) is 3.30. The lowest BCUT2D eigenvalue weighted by molar-refractivity contribution is -0.143. The minimum atomic E-state index is -4.09.